The van der Waals surface area contributed by atoms with Crippen LogP contribution in [0.2, 0.25) is 5.04 Å². The molecule has 4 nitrogen and oxygen atoms in total. The second kappa shape index (κ2) is 8.97. The average Bonchev–Trinajstić information content (AvgIpc) is 3.12. The largest absolute Gasteiger partial charge is 0.501 e. The van der Waals surface area contributed by atoms with E-state index in [9.17, 15) is 4.79 Å². The molecule has 0 aromatic heterocycles. The Kier molecular flexibility index (Phi) is 6.43. The standard InChI is InChI=1S/C27H34O4Si/c1-27(2,3)32(20-12-8-6-9-13-20,21-14-10-7-11-15-21)31-24-18-23(28)26-22(24)16-19(29-4)17-25(26)30-5/h6-15,17,22,24-26H,16,18H2,1-5H3/t22-,24-,25+,26-/m0/s1. The molecule has 2 aromatic carbocycles. The van der Waals surface area contributed by atoms with Crippen molar-refractivity contribution in [1.29, 1.82) is 0 Å². The maximum absolute atomic E-state index is 13.2. The van der Waals surface area contributed by atoms with Gasteiger partial charge in [0.05, 0.1) is 31.0 Å². The van der Waals surface area contributed by atoms with Crippen LogP contribution in [0, 0.1) is 11.8 Å². The van der Waals surface area contributed by atoms with Crippen molar-refractivity contribution in [3.63, 3.8) is 0 Å². The number of rotatable bonds is 6. The van der Waals surface area contributed by atoms with Gasteiger partial charge in [-0.15, -0.1) is 0 Å². The highest BCUT2D eigenvalue weighted by molar-refractivity contribution is 6.99. The third kappa shape index (κ3) is 3.87. The van der Waals surface area contributed by atoms with E-state index in [4.69, 9.17) is 13.9 Å². The molecule has 170 valence electrons. The number of hydrogen-bond donors (Lipinski definition) is 0. The molecule has 32 heavy (non-hydrogen) atoms. The van der Waals surface area contributed by atoms with Crippen LogP contribution in [-0.4, -0.2) is 40.5 Å². The van der Waals surface area contributed by atoms with Crippen LogP contribution in [0.4, 0.5) is 0 Å². The first-order valence-electron chi connectivity index (χ1n) is 11.4. The number of hydrogen-bond acceptors (Lipinski definition) is 4. The molecule has 0 heterocycles. The summed E-state index contributed by atoms with van der Waals surface area (Å²) in [6.07, 6.45) is 2.66. The molecule has 5 heteroatoms. The zero-order valence-electron chi connectivity index (χ0n) is 19.7. The molecule has 0 bridgehead atoms. The van der Waals surface area contributed by atoms with Crippen LogP contribution in [0.1, 0.15) is 33.6 Å². The van der Waals surface area contributed by atoms with Crippen LogP contribution < -0.4 is 10.4 Å². The van der Waals surface area contributed by atoms with E-state index in [0.29, 0.717) is 12.8 Å². The van der Waals surface area contributed by atoms with Crippen molar-refractivity contribution in [2.75, 3.05) is 14.2 Å². The Labute approximate surface area is 192 Å². The monoisotopic (exact) mass is 450 g/mol. The van der Waals surface area contributed by atoms with Gasteiger partial charge in [0.2, 0.25) is 0 Å². The highest BCUT2D eigenvalue weighted by atomic mass is 28.4. The fourth-order valence-electron chi connectivity index (χ4n) is 5.64. The Hall–Kier alpha value is -2.21. The number of ketones is 1. The zero-order valence-corrected chi connectivity index (χ0v) is 20.7. The van der Waals surface area contributed by atoms with Gasteiger partial charge in [-0.25, -0.2) is 0 Å². The minimum Gasteiger partial charge on any atom is -0.501 e. The van der Waals surface area contributed by atoms with E-state index in [-0.39, 0.29) is 34.9 Å². The molecule has 4 rings (SSSR count). The van der Waals surface area contributed by atoms with Crippen LogP contribution in [0.3, 0.4) is 0 Å². The fraction of sp³-hybridized carbons (Fsp3) is 0.444. The Balaban J connectivity index is 1.82. The number of carbonyl (C=O) groups is 1. The quantitative estimate of drug-likeness (QED) is 0.622. The summed E-state index contributed by atoms with van der Waals surface area (Å²) >= 11 is 0. The molecule has 1 saturated carbocycles. The van der Waals surface area contributed by atoms with Crippen LogP contribution in [0.25, 0.3) is 0 Å². The lowest BCUT2D eigenvalue weighted by Gasteiger charge is -2.46. The minimum atomic E-state index is -2.74. The zero-order chi connectivity index (χ0) is 22.9. The maximum Gasteiger partial charge on any atom is 0.261 e. The van der Waals surface area contributed by atoms with Crippen LogP contribution in [0.5, 0.6) is 0 Å². The van der Waals surface area contributed by atoms with Crippen molar-refractivity contribution in [2.45, 2.75) is 50.9 Å². The van der Waals surface area contributed by atoms with Gasteiger partial charge in [0.25, 0.3) is 8.32 Å². The lowest BCUT2D eigenvalue weighted by molar-refractivity contribution is -0.124. The highest BCUT2D eigenvalue weighted by Gasteiger charge is 2.56. The number of allylic oxidation sites excluding steroid dienone is 1. The number of Topliss-reactive ketones (excluding diaryl/α,β-unsaturated/α-hetero) is 1. The van der Waals surface area contributed by atoms with Crippen LogP contribution >= 0.6 is 0 Å². The third-order valence-corrected chi connectivity index (χ3v) is 12.2. The summed E-state index contributed by atoms with van der Waals surface area (Å²) in [5.74, 6) is 0.983. The maximum atomic E-state index is 13.2. The summed E-state index contributed by atoms with van der Waals surface area (Å²) in [6, 6.07) is 21.2. The first-order chi connectivity index (χ1) is 15.3. The molecular formula is C27H34O4Si. The number of ether oxygens (including phenoxy) is 2. The summed E-state index contributed by atoms with van der Waals surface area (Å²) in [5, 5.41) is 2.33. The molecule has 0 aliphatic heterocycles. The van der Waals surface area contributed by atoms with Gasteiger partial charge < -0.3 is 13.9 Å². The second-order valence-corrected chi connectivity index (χ2v) is 14.2. The predicted molar refractivity (Wildman–Crippen MR) is 130 cm³/mol. The Bertz CT molecular complexity index is 925. The van der Waals surface area contributed by atoms with Crippen molar-refractivity contribution in [3.8, 4) is 0 Å². The molecule has 0 amide bonds. The number of benzene rings is 2. The van der Waals surface area contributed by atoms with E-state index in [1.807, 2.05) is 18.2 Å². The number of fused-ring (bicyclic) bond motifs is 1. The summed E-state index contributed by atoms with van der Waals surface area (Å²) in [5.41, 5.74) is 0. The van der Waals surface area contributed by atoms with E-state index < -0.39 is 8.32 Å². The van der Waals surface area contributed by atoms with Crippen molar-refractivity contribution < 1.29 is 18.7 Å². The summed E-state index contributed by atoms with van der Waals surface area (Å²) < 4.78 is 18.6. The van der Waals surface area contributed by atoms with E-state index in [1.165, 1.54) is 10.4 Å². The van der Waals surface area contributed by atoms with Gasteiger partial charge >= 0.3 is 0 Å². The third-order valence-electron chi connectivity index (χ3n) is 7.13. The molecule has 4 atom stereocenters. The van der Waals surface area contributed by atoms with Crippen molar-refractivity contribution >= 4 is 24.5 Å². The molecule has 0 unspecified atom stereocenters. The molecule has 0 saturated heterocycles. The second-order valence-electron chi connectivity index (χ2n) is 9.92. The van der Waals surface area contributed by atoms with Crippen molar-refractivity contribution in [3.05, 3.63) is 72.5 Å². The van der Waals surface area contributed by atoms with E-state index in [2.05, 4.69) is 69.3 Å². The van der Waals surface area contributed by atoms with Gasteiger partial charge in [0.1, 0.15) is 5.78 Å². The first kappa shape index (κ1) is 23.0. The van der Waals surface area contributed by atoms with Crippen molar-refractivity contribution in [2.24, 2.45) is 11.8 Å². The van der Waals surface area contributed by atoms with Gasteiger partial charge in [-0.1, -0.05) is 81.4 Å². The summed E-state index contributed by atoms with van der Waals surface area (Å²) in [7, 11) is 0.617. The van der Waals surface area contributed by atoms with Crippen LogP contribution in [0.15, 0.2) is 72.5 Å². The molecule has 0 N–H and O–H groups in total. The van der Waals surface area contributed by atoms with Gasteiger partial charge in [0.15, 0.2) is 0 Å². The van der Waals surface area contributed by atoms with Gasteiger partial charge in [-0.05, 0) is 21.5 Å². The first-order valence-corrected chi connectivity index (χ1v) is 13.3. The van der Waals surface area contributed by atoms with E-state index in [0.717, 1.165) is 5.76 Å². The molecule has 2 aliphatic rings. The highest BCUT2D eigenvalue weighted by Crippen LogP contribution is 2.46. The lowest BCUT2D eigenvalue weighted by Crippen LogP contribution is -2.68. The SMILES string of the molecule is COC1=C[C@@H](OC)[C@@H]2C(=O)C[C@H](O[Si](c3ccccc3)(c3ccccc3)C(C)(C)C)[C@@H]2C1. The van der Waals surface area contributed by atoms with Gasteiger partial charge in [0, 0.05) is 25.9 Å². The molecular weight excluding hydrogens is 416 g/mol. The average molecular weight is 451 g/mol. The molecule has 2 aromatic rings. The fourth-order valence-corrected chi connectivity index (χ4v) is 10.4. The van der Waals surface area contributed by atoms with E-state index >= 15 is 0 Å². The topological polar surface area (TPSA) is 44.8 Å². The van der Waals surface area contributed by atoms with Gasteiger partial charge in [-0.3, -0.25) is 4.79 Å². The Morgan fingerprint density at radius 3 is 1.91 bits per heavy atom. The minimum absolute atomic E-state index is 0.0500. The van der Waals surface area contributed by atoms with E-state index in [1.54, 1.807) is 14.2 Å². The number of methoxy groups -OCH3 is 2. The smallest absolute Gasteiger partial charge is 0.261 e. The number of carbonyl (C=O) groups excluding carboxylic acids is 1. The molecule has 0 radical (unpaired) electrons. The van der Waals surface area contributed by atoms with Gasteiger partial charge in [-0.2, -0.15) is 0 Å². The molecule has 1 fully saturated rings. The Morgan fingerprint density at radius 2 is 1.44 bits per heavy atom. The summed E-state index contributed by atoms with van der Waals surface area (Å²) in [6.45, 7) is 6.81. The van der Waals surface area contributed by atoms with Crippen molar-refractivity contribution in [1.82, 2.24) is 0 Å². The molecule has 2 aliphatic carbocycles. The normalized spacial score (nSPS) is 25.9. The predicted octanol–water partition coefficient (Wildman–Crippen LogP) is 4.09. The molecule has 0 spiro atoms. The summed E-state index contributed by atoms with van der Waals surface area (Å²) in [4.78, 5) is 13.2. The lowest BCUT2D eigenvalue weighted by atomic mass is 9.81. The van der Waals surface area contributed by atoms with Crippen LogP contribution in [-0.2, 0) is 18.7 Å². The Morgan fingerprint density at radius 1 is 0.875 bits per heavy atom.